The first-order valence-electron chi connectivity index (χ1n) is 34.7. The number of unbranched alkanes of at least 4 members (excludes halogenated alkanes) is 8. The molecule has 9 rings (SSSR count). The Morgan fingerprint density at radius 3 is 0.737 bits per heavy atom. The molecule has 2 aliphatic rings. The van der Waals surface area contributed by atoms with Crippen molar-refractivity contribution >= 4 is 46.4 Å². The predicted molar refractivity (Wildman–Crippen MR) is 382 cm³/mol. The van der Waals surface area contributed by atoms with E-state index < -0.39 is 0 Å². The summed E-state index contributed by atoms with van der Waals surface area (Å²) in [5, 5.41) is 0. The number of rotatable bonds is 47. The molecule has 95 heavy (non-hydrogen) atoms. The van der Waals surface area contributed by atoms with Gasteiger partial charge in [-0.3, -0.25) is 0 Å². The van der Waals surface area contributed by atoms with Crippen molar-refractivity contribution in [3.8, 4) is 67.5 Å². The van der Waals surface area contributed by atoms with Gasteiger partial charge in [0.05, 0.1) is 95.5 Å². The first-order chi connectivity index (χ1) is 47.0. The van der Waals surface area contributed by atoms with E-state index in [2.05, 4.69) is 135 Å². The topological polar surface area (TPSA) is 168 Å². The Hall–Kier alpha value is -7.64. The largest absolute Gasteiger partial charge is 0.491 e. The van der Waals surface area contributed by atoms with Gasteiger partial charge >= 0.3 is 0 Å². The minimum Gasteiger partial charge on any atom is -0.491 e. The van der Waals surface area contributed by atoms with Crippen LogP contribution in [0.3, 0.4) is 0 Å². The van der Waals surface area contributed by atoms with Gasteiger partial charge in [0.25, 0.3) is 0 Å². The third-order valence-electron chi connectivity index (χ3n) is 16.2. The Morgan fingerprint density at radius 1 is 0.242 bits per heavy atom. The highest BCUT2D eigenvalue weighted by Gasteiger charge is 2.20. The molecule has 0 fully saturated rings. The molecule has 16 heteroatoms. The van der Waals surface area contributed by atoms with Crippen molar-refractivity contribution in [1.29, 1.82) is 0 Å². The van der Waals surface area contributed by atoms with E-state index in [1.807, 2.05) is 48.5 Å². The van der Waals surface area contributed by atoms with Crippen LogP contribution in [0.1, 0.15) is 128 Å². The van der Waals surface area contributed by atoms with E-state index >= 15 is 0 Å². The molecule has 0 saturated heterocycles. The number of H-pyrrole nitrogens is 2. The Morgan fingerprint density at radius 2 is 0.474 bits per heavy atom. The molecule has 0 radical (unpaired) electrons. The van der Waals surface area contributed by atoms with E-state index in [0.717, 1.165) is 172 Å². The van der Waals surface area contributed by atoms with Crippen LogP contribution in [0.2, 0.25) is 0 Å². The van der Waals surface area contributed by atoms with Crippen LogP contribution in [0.25, 0.3) is 90.9 Å². The van der Waals surface area contributed by atoms with Crippen LogP contribution in [0, 0.1) is 0 Å². The molecule has 0 saturated carbocycles. The highest BCUT2D eigenvalue weighted by molar-refractivity contribution is 6.00. The number of ether oxygens (including phenoxy) is 12. The van der Waals surface area contributed by atoms with E-state index in [4.69, 9.17) is 66.8 Å². The lowest BCUT2D eigenvalue weighted by atomic mass is 10.0. The van der Waals surface area contributed by atoms with Crippen LogP contribution in [0.15, 0.2) is 121 Å². The van der Waals surface area contributed by atoms with Crippen molar-refractivity contribution < 1.29 is 56.8 Å². The molecular formula is C79H100N4O12. The maximum absolute atomic E-state index is 6.21. The van der Waals surface area contributed by atoms with Gasteiger partial charge in [0, 0.05) is 70.7 Å². The summed E-state index contributed by atoms with van der Waals surface area (Å²) < 4.78 is 71.0. The van der Waals surface area contributed by atoms with Gasteiger partial charge < -0.3 is 66.8 Å². The number of nitrogens with zero attached hydrogens (tertiary/aromatic N) is 2. The predicted octanol–water partition coefficient (Wildman–Crippen LogP) is 17.7. The van der Waals surface area contributed by atoms with Gasteiger partial charge in [-0.2, -0.15) is 0 Å². The fraction of sp³-hybridized carbons (Fsp3) is 0.443. The molecule has 0 atom stereocenters. The van der Waals surface area contributed by atoms with E-state index in [9.17, 15) is 0 Å². The summed E-state index contributed by atoms with van der Waals surface area (Å²) in [5.74, 6) is 2.90. The molecule has 4 aromatic carbocycles. The smallest absolute Gasteiger partial charge is 0.189 e. The van der Waals surface area contributed by atoms with E-state index in [1.54, 1.807) is 0 Å². The third-order valence-corrected chi connectivity index (χ3v) is 16.2. The molecule has 508 valence electrons. The summed E-state index contributed by atoms with van der Waals surface area (Å²) in [6, 6.07) is 41.2. The molecular weight excluding hydrogens is 1200 g/mol. The number of hydrogen-bond acceptors (Lipinski definition) is 14. The summed E-state index contributed by atoms with van der Waals surface area (Å²) in [4.78, 5) is 18.9. The van der Waals surface area contributed by atoms with Gasteiger partial charge in [0.2, 0.25) is 0 Å². The lowest BCUT2D eigenvalue weighted by Crippen LogP contribution is -2.11. The van der Waals surface area contributed by atoms with Crippen LogP contribution in [0.4, 0.5) is 0 Å². The quantitative estimate of drug-likeness (QED) is 0.0273. The van der Waals surface area contributed by atoms with Gasteiger partial charge in [0.1, 0.15) is 42.8 Å². The zero-order valence-electron chi connectivity index (χ0n) is 56.6. The number of aromatic amines is 2. The van der Waals surface area contributed by atoms with Gasteiger partial charge in [-0.25, -0.2) is 9.97 Å². The number of fused-ring (bicyclic) bond motifs is 8. The van der Waals surface area contributed by atoms with Crippen molar-refractivity contribution in [3.63, 3.8) is 0 Å². The molecule has 7 aromatic rings. The van der Waals surface area contributed by atoms with Crippen LogP contribution >= 0.6 is 0 Å². The molecule has 8 bridgehead atoms. The molecule has 0 spiro atoms. The molecule has 0 amide bonds. The third kappa shape index (κ3) is 23.0. The second-order valence-corrected chi connectivity index (χ2v) is 23.4. The fourth-order valence-corrected chi connectivity index (χ4v) is 11.1. The Balaban J connectivity index is 1.08. The Kier molecular flexibility index (Phi) is 31.2. The van der Waals surface area contributed by atoms with Gasteiger partial charge in [-0.1, -0.05) is 128 Å². The van der Waals surface area contributed by atoms with E-state index in [1.165, 1.54) is 38.5 Å². The summed E-state index contributed by atoms with van der Waals surface area (Å²) in [6.07, 6.45) is 22.0. The SMILES string of the molecule is CCCCCOCCOCCOc1ccc(-c2c3nc(c(-c4ccc(OCCOCCOCCCCC)cc4)c4ccc([nH]4)c(-c4ccc(OCOCCOCCCCC)cc4)c4nc(c(-c5ccc(OCCOCCOCCCCC)cc5)c5ccc2[nH]5)C=C4)C=C3)cc1. The minimum absolute atomic E-state index is 0.109. The van der Waals surface area contributed by atoms with Crippen molar-refractivity contribution in [2.75, 3.05) is 126 Å². The molecule has 3 aromatic heterocycles. The fourth-order valence-electron chi connectivity index (χ4n) is 11.1. The summed E-state index contributed by atoms with van der Waals surface area (Å²) >= 11 is 0. The van der Waals surface area contributed by atoms with Crippen molar-refractivity contribution in [3.05, 3.63) is 144 Å². The highest BCUT2D eigenvalue weighted by Crippen LogP contribution is 2.40. The Labute approximate surface area is 562 Å². The van der Waals surface area contributed by atoms with Crippen LogP contribution in [0.5, 0.6) is 23.0 Å². The average Bonchev–Trinajstić information content (AvgIpc) is 1.64. The van der Waals surface area contributed by atoms with Crippen LogP contribution in [-0.4, -0.2) is 146 Å². The second-order valence-electron chi connectivity index (χ2n) is 23.4. The molecule has 2 N–H and O–H groups in total. The molecule has 2 aliphatic heterocycles. The average molecular weight is 1300 g/mol. The first-order valence-corrected chi connectivity index (χ1v) is 34.7. The standard InChI is InChI=1S/C79H100N4O12/c1-5-9-13-41-84-45-48-88-53-56-92-64-25-17-60(18-26-64)76-68-33-35-70(80-68)77(61-19-27-65(28-20-61)93-57-54-89-49-46-85-42-14-10-6-2)72-37-39-74(82-72)79(63-23-31-67(32-24-63)95-59-91-52-51-87-44-16-12-8-4)75-40-38-73(83-75)78(71-36-34-69(76)81-71)62-21-29-66(30-22-62)94-58-55-90-50-47-86-43-15-11-7-3/h17-40,80,83H,5-16,41-59H2,1-4H3. The minimum atomic E-state index is 0.109. The van der Waals surface area contributed by atoms with Crippen molar-refractivity contribution in [1.82, 2.24) is 19.9 Å². The second kappa shape index (κ2) is 41.3. The molecule has 5 heterocycles. The maximum Gasteiger partial charge on any atom is 0.189 e. The molecule has 16 nitrogen and oxygen atoms in total. The summed E-state index contributed by atoms with van der Waals surface area (Å²) in [5.41, 5.74) is 14.0. The van der Waals surface area contributed by atoms with Gasteiger partial charge in [-0.05, 0) is 145 Å². The normalized spacial score (nSPS) is 11.9. The number of aromatic nitrogens is 4. The van der Waals surface area contributed by atoms with Crippen LogP contribution < -0.4 is 18.9 Å². The van der Waals surface area contributed by atoms with Gasteiger partial charge in [-0.15, -0.1) is 0 Å². The zero-order valence-corrected chi connectivity index (χ0v) is 56.6. The highest BCUT2D eigenvalue weighted by atomic mass is 16.7. The lowest BCUT2D eigenvalue weighted by Gasteiger charge is -2.10. The van der Waals surface area contributed by atoms with Crippen molar-refractivity contribution in [2.45, 2.75) is 105 Å². The van der Waals surface area contributed by atoms with Crippen molar-refractivity contribution in [2.24, 2.45) is 0 Å². The van der Waals surface area contributed by atoms with E-state index in [0.29, 0.717) is 98.2 Å². The monoisotopic (exact) mass is 1300 g/mol. The number of nitrogens with one attached hydrogen (secondary N) is 2. The van der Waals surface area contributed by atoms with E-state index in [-0.39, 0.29) is 6.79 Å². The molecule has 0 aliphatic carbocycles. The summed E-state index contributed by atoms with van der Waals surface area (Å²) in [6.45, 7) is 18.8. The maximum atomic E-state index is 6.21. The zero-order chi connectivity index (χ0) is 65.8. The lowest BCUT2D eigenvalue weighted by molar-refractivity contribution is -0.0172. The summed E-state index contributed by atoms with van der Waals surface area (Å²) in [7, 11) is 0. The molecule has 0 unspecified atom stereocenters. The van der Waals surface area contributed by atoms with Crippen LogP contribution in [-0.2, 0) is 37.9 Å². The number of hydrogen-bond donors (Lipinski definition) is 2. The Bertz CT molecular complexity index is 3500. The van der Waals surface area contributed by atoms with Gasteiger partial charge in [0.15, 0.2) is 6.79 Å². The first kappa shape index (κ1) is 71.6. The number of benzene rings is 4.